The first-order valence-electron chi connectivity index (χ1n) is 8.99. The van der Waals surface area contributed by atoms with Crippen LogP contribution in [-0.4, -0.2) is 17.5 Å². The van der Waals surface area contributed by atoms with Gasteiger partial charge in [0.1, 0.15) is 5.75 Å². The average Bonchev–Trinajstić information content (AvgIpc) is 2.65. The van der Waals surface area contributed by atoms with Crippen molar-refractivity contribution in [1.82, 2.24) is 10.3 Å². The van der Waals surface area contributed by atoms with Gasteiger partial charge in [-0.2, -0.15) is 0 Å². The number of carbonyl (C=O) groups is 1. The maximum atomic E-state index is 12.8. The molecule has 132 valence electrons. The summed E-state index contributed by atoms with van der Waals surface area (Å²) >= 11 is 0. The summed E-state index contributed by atoms with van der Waals surface area (Å²) in [5.41, 5.74) is 5.10. The van der Waals surface area contributed by atoms with Crippen molar-refractivity contribution in [2.45, 2.75) is 32.7 Å². The third-order valence-electron chi connectivity index (χ3n) is 5.12. The topological polar surface area (TPSA) is 51.2 Å². The molecule has 0 saturated carbocycles. The van der Waals surface area contributed by atoms with Crippen molar-refractivity contribution in [1.29, 1.82) is 0 Å². The lowest BCUT2D eigenvalue weighted by atomic mass is 9.97. The number of aromatic nitrogens is 1. The van der Waals surface area contributed by atoms with E-state index in [1.807, 2.05) is 49.4 Å². The molecule has 0 bridgehead atoms. The van der Waals surface area contributed by atoms with Gasteiger partial charge in [-0.25, -0.2) is 0 Å². The molecule has 1 unspecified atom stereocenters. The molecule has 3 aromatic rings. The Hall–Kier alpha value is -2.88. The predicted octanol–water partition coefficient (Wildman–Crippen LogP) is 4.03. The Balaban J connectivity index is 1.57. The molecule has 1 aliphatic rings. The minimum atomic E-state index is 0.00137. The Morgan fingerprint density at radius 2 is 1.92 bits per heavy atom. The minimum Gasteiger partial charge on any atom is -0.493 e. The zero-order chi connectivity index (χ0) is 18.1. The Labute approximate surface area is 153 Å². The number of hydrogen-bond donors (Lipinski definition) is 1. The molecular formula is C22H22N2O2. The van der Waals surface area contributed by atoms with E-state index in [1.165, 1.54) is 0 Å². The molecule has 1 aliphatic heterocycles. The van der Waals surface area contributed by atoms with Crippen molar-refractivity contribution >= 4 is 16.8 Å². The fourth-order valence-electron chi connectivity index (χ4n) is 3.73. The lowest BCUT2D eigenvalue weighted by Gasteiger charge is -2.26. The van der Waals surface area contributed by atoms with Gasteiger partial charge in [0.15, 0.2) is 0 Å². The molecule has 2 aromatic carbocycles. The van der Waals surface area contributed by atoms with Gasteiger partial charge in [0.2, 0.25) is 5.91 Å². The normalized spacial score (nSPS) is 16.0. The summed E-state index contributed by atoms with van der Waals surface area (Å²) in [4.78, 5) is 17.4. The highest BCUT2D eigenvalue weighted by atomic mass is 16.5. The average molecular weight is 346 g/mol. The van der Waals surface area contributed by atoms with Crippen LogP contribution in [0, 0.1) is 13.8 Å². The summed E-state index contributed by atoms with van der Waals surface area (Å²) in [6.07, 6.45) is 1.13. The van der Waals surface area contributed by atoms with Crippen LogP contribution in [-0.2, 0) is 11.2 Å². The van der Waals surface area contributed by atoms with Crippen LogP contribution in [0.4, 0.5) is 0 Å². The molecule has 1 aromatic heterocycles. The zero-order valence-electron chi connectivity index (χ0n) is 15.1. The molecule has 4 rings (SSSR count). The zero-order valence-corrected chi connectivity index (χ0v) is 15.1. The SMILES string of the molecule is Cc1nc2ccccc2c(C)c1CC(=O)NC1CCOc2ccccc21. The molecule has 0 spiro atoms. The number of pyridine rings is 1. The van der Waals surface area contributed by atoms with Gasteiger partial charge < -0.3 is 10.1 Å². The molecular weight excluding hydrogens is 324 g/mol. The molecule has 26 heavy (non-hydrogen) atoms. The van der Waals surface area contributed by atoms with E-state index in [-0.39, 0.29) is 11.9 Å². The van der Waals surface area contributed by atoms with Gasteiger partial charge >= 0.3 is 0 Å². The van der Waals surface area contributed by atoms with E-state index >= 15 is 0 Å². The van der Waals surface area contributed by atoms with Gasteiger partial charge in [0, 0.05) is 23.1 Å². The summed E-state index contributed by atoms with van der Waals surface area (Å²) in [5, 5.41) is 4.29. The number of benzene rings is 2. The van der Waals surface area contributed by atoms with Crippen LogP contribution >= 0.6 is 0 Å². The second kappa shape index (κ2) is 6.79. The van der Waals surface area contributed by atoms with Gasteiger partial charge in [-0.15, -0.1) is 0 Å². The highest BCUT2D eigenvalue weighted by Crippen LogP contribution is 2.31. The highest BCUT2D eigenvalue weighted by molar-refractivity contribution is 5.86. The fourth-order valence-corrected chi connectivity index (χ4v) is 3.73. The van der Waals surface area contributed by atoms with Crippen molar-refractivity contribution in [3.63, 3.8) is 0 Å². The molecule has 1 atom stereocenters. The number of hydrogen-bond acceptors (Lipinski definition) is 3. The van der Waals surface area contributed by atoms with Crippen molar-refractivity contribution in [2.75, 3.05) is 6.61 Å². The third kappa shape index (κ3) is 3.03. The van der Waals surface area contributed by atoms with E-state index in [4.69, 9.17) is 4.74 Å². The first-order chi connectivity index (χ1) is 12.6. The lowest BCUT2D eigenvalue weighted by molar-refractivity contribution is -0.121. The van der Waals surface area contributed by atoms with E-state index in [0.717, 1.165) is 45.5 Å². The van der Waals surface area contributed by atoms with Crippen molar-refractivity contribution in [3.05, 3.63) is 70.9 Å². The largest absolute Gasteiger partial charge is 0.493 e. The number of ether oxygens (including phenoxy) is 1. The number of carbonyl (C=O) groups excluding carboxylic acids is 1. The van der Waals surface area contributed by atoms with Crippen LogP contribution in [0.15, 0.2) is 48.5 Å². The number of amides is 1. The molecule has 0 radical (unpaired) electrons. The maximum Gasteiger partial charge on any atom is 0.224 e. The van der Waals surface area contributed by atoms with Crippen LogP contribution in [0.2, 0.25) is 0 Å². The number of aryl methyl sites for hydroxylation is 2. The van der Waals surface area contributed by atoms with Crippen molar-refractivity contribution < 1.29 is 9.53 Å². The van der Waals surface area contributed by atoms with E-state index in [9.17, 15) is 4.79 Å². The number of fused-ring (bicyclic) bond motifs is 2. The summed E-state index contributed by atoms with van der Waals surface area (Å²) < 4.78 is 5.68. The molecule has 0 saturated heterocycles. The Bertz CT molecular complexity index is 981. The molecule has 0 fully saturated rings. The van der Waals surface area contributed by atoms with E-state index in [1.54, 1.807) is 0 Å². The van der Waals surface area contributed by atoms with Gasteiger partial charge in [0.25, 0.3) is 0 Å². The van der Waals surface area contributed by atoms with Crippen LogP contribution in [0.1, 0.15) is 34.8 Å². The predicted molar refractivity (Wildman–Crippen MR) is 102 cm³/mol. The molecule has 4 heteroatoms. The van der Waals surface area contributed by atoms with E-state index in [2.05, 4.69) is 23.3 Å². The number of para-hydroxylation sites is 2. The first kappa shape index (κ1) is 16.6. The Kier molecular flexibility index (Phi) is 4.33. The van der Waals surface area contributed by atoms with Crippen molar-refractivity contribution in [3.8, 4) is 5.75 Å². The van der Waals surface area contributed by atoms with Crippen LogP contribution in [0.5, 0.6) is 5.75 Å². The van der Waals surface area contributed by atoms with E-state index < -0.39 is 0 Å². The molecule has 1 N–H and O–H groups in total. The van der Waals surface area contributed by atoms with Gasteiger partial charge in [-0.3, -0.25) is 9.78 Å². The number of nitrogens with zero attached hydrogens (tertiary/aromatic N) is 1. The number of nitrogens with one attached hydrogen (secondary N) is 1. The lowest BCUT2D eigenvalue weighted by Crippen LogP contribution is -2.33. The third-order valence-corrected chi connectivity index (χ3v) is 5.12. The summed E-state index contributed by atoms with van der Waals surface area (Å²) in [7, 11) is 0. The monoisotopic (exact) mass is 346 g/mol. The fraction of sp³-hybridized carbons (Fsp3) is 0.273. The van der Waals surface area contributed by atoms with Crippen molar-refractivity contribution in [2.24, 2.45) is 0 Å². The molecule has 4 nitrogen and oxygen atoms in total. The highest BCUT2D eigenvalue weighted by Gasteiger charge is 2.23. The smallest absolute Gasteiger partial charge is 0.224 e. The second-order valence-electron chi connectivity index (χ2n) is 6.79. The summed E-state index contributed by atoms with van der Waals surface area (Å²) in [6, 6.07) is 16.0. The minimum absolute atomic E-state index is 0.00137. The number of rotatable bonds is 3. The summed E-state index contributed by atoms with van der Waals surface area (Å²) in [5.74, 6) is 0.888. The van der Waals surface area contributed by atoms with Gasteiger partial charge in [-0.05, 0) is 37.1 Å². The molecule has 0 aliphatic carbocycles. The van der Waals surface area contributed by atoms with E-state index in [0.29, 0.717) is 13.0 Å². The maximum absolute atomic E-state index is 12.8. The summed E-state index contributed by atoms with van der Waals surface area (Å²) in [6.45, 7) is 4.67. The van der Waals surface area contributed by atoms with Gasteiger partial charge in [0.05, 0.1) is 24.6 Å². The van der Waals surface area contributed by atoms with Crippen LogP contribution < -0.4 is 10.1 Å². The Morgan fingerprint density at radius 1 is 1.15 bits per heavy atom. The van der Waals surface area contributed by atoms with Gasteiger partial charge in [-0.1, -0.05) is 36.4 Å². The second-order valence-corrected chi connectivity index (χ2v) is 6.79. The Morgan fingerprint density at radius 3 is 2.81 bits per heavy atom. The van der Waals surface area contributed by atoms with Crippen LogP contribution in [0.3, 0.4) is 0 Å². The molecule has 2 heterocycles. The molecule has 1 amide bonds. The standard InChI is InChI=1S/C22H22N2O2/c1-14-16-7-3-5-9-19(16)23-15(2)18(14)13-22(25)24-20-11-12-26-21-10-6-4-8-17(20)21/h3-10,20H,11-13H2,1-2H3,(H,24,25). The first-order valence-corrected chi connectivity index (χ1v) is 8.99. The quantitative estimate of drug-likeness (QED) is 0.779. The van der Waals surface area contributed by atoms with Crippen LogP contribution in [0.25, 0.3) is 10.9 Å².